The number of carbonyl (C=O) groups is 1. The molecule has 2 aromatic rings. The van der Waals surface area contributed by atoms with Gasteiger partial charge in [0.2, 0.25) is 0 Å². The van der Waals surface area contributed by atoms with Gasteiger partial charge in [0.25, 0.3) is 5.91 Å². The van der Waals surface area contributed by atoms with Crippen molar-refractivity contribution in [2.24, 2.45) is 0 Å². The highest BCUT2D eigenvalue weighted by atomic mass is 32.1. The van der Waals surface area contributed by atoms with Gasteiger partial charge >= 0.3 is 0 Å². The van der Waals surface area contributed by atoms with E-state index in [0.29, 0.717) is 11.4 Å². The van der Waals surface area contributed by atoms with Crippen molar-refractivity contribution in [3.63, 3.8) is 0 Å². The van der Waals surface area contributed by atoms with Crippen molar-refractivity contribution in [2.75, 3.05) is 12.3 Å². The number of aromatic nitrogens is 1. The maximum Gasteiger partial charge on any atom is 0.273 e. The minimum atomic E-state index is -0.0448. The number of pyridine rings is 1. The van der Waals surface area contributed by atoms with Crippen LogP contribution in [0.5, 0.6) is 0 Å². The number of hydrogen-bond donors (Lipinski definition) is 1. The molecule has 1 amide bonds. The Balaban J connectivity index is 1.90. The predicted molar refractivity (Wildman–Crippen MR) is 76.1 cm³/mol. The van der Waals surface area contributed by atoms with Crippen LogP contribution in [0.2, 0.25) is 0 Å². The van der Waals surface area contributed by atoms with Crippen LogP contribution in [0.1, 0.15) is 33.9 Å². The number of rotatable bonds is 1. The minimum absolute atomic E-state index is 0.0448. The Labute approximate surface area is 115 Å². The van der Waals surface area contributed by atoms with Crippen molar-refractivity contribution in [3.8, 4) is 0 Å². The SMILES string of the molecule is CC1c2ccsc2CCN1C(=O)c1cc(N)ccn1. The topological polar surface area (TPSA) is 59.2 Å². The average molecular weight is 273 g/mol. The lowest BCUT2D eigenvalue weighted by Crippen LogP contribution is -2.38. The van der Waals surface area contributed by atoms with Gasteiger partial charge in [-0.3, -0.25) is 9.78 Å². The van der Waals surface area contributed by atoms with Gasteiger partial charge in [0.05, 0.1) is 6.04 Å². The summed E-state index contributed by atoms with van der Waals surface area (Å²) in [7, 11) is 0. The molecule has 19 heavy (non-hydrogen) atoms. The quantitative estimate of drug-likeness (QED) is 0.868. The molecule has 0 aromatic carbocycles. The van der Waals surface area contributed by atoms with Crippen molar-refractivity contribution in [1.29, 1.82) is 0 Å². The van der Waals surface area contributed by atoms with Gasteiger partial charge in [-0.25, -0.2) is 0 Å². The molecule has 0 saturated heterocycles. The van der Waals surface area contributed by atoms with E-state index in [1.54, 1.807) is 29.7 Å². The van der Waals surface area contributed by atoms with Gasteiger partial charge in [0, 0.05) is 23.3 Å². The summed E-state index contributed by atoms with van der Waals surface area (Å²) >= 11 is 1.77. The van der Waals surface area contributed by atoms with Crippen LogP contribution in [0.25, 0.3) is 0 Å². The molecule has 3 heterocycles. The van der Waals surface area contributed by atoms with Crippen LogP contribution in [0.3, 0.4) is 0 Å². The molecule has 3 rings (SSSR count). The Kier molecular flexibility index (Phi) is 2.98. The smallest absolute Gasteiger partial charge is 0.273 e. The van der Waals surface area contributed by atoms with Crippen LogP contribution in [0.4, 0.5) is 5.69 Å². The van der Waals surface area contributed by atoms with Gasteiger partial charge in [-0.1, -0.05) is 0 Å². The van der Waals surface area contributed by atoms with Gasteiger partial charge in [-0.05, 0) is 42.5 Å². The van der Waals surface area contributed by atoms with E-state index in [2.05, 4.69) is 23.4 Å². The van der Waals surface area contributed by atoms with Gasteiger partial charge in [-0.2, -0.15) is 0 Å². The summed E-state index contributed by atoms with van der Waals surface area (Å²) in [6.45, 7) is 2.80. The second kappa shape index (κ2) is 4.66. The van der Waals surface area contributed by atoms with Crippen LogP contribution in [0.15, 0.2) is 29.8 Å². The third-order valence-corrected chi connectivity index (χ3v) is 4.54. The Morgan fingerprint density at radius 1 is 1.53 bits per heavy atom. The highest BCUT2D eigenvalue weighted by Crippen LogP contribution is 2.33. The summed E-state index contributed by atoms with van der Waals surface area (Å²) in [6, 6.07) is 5.54. The van der Waals surface area contributed by atoms with Gasteiger partial charge in [-0.15, -0.1) is 11.3 Å². The zero-order chi connectivity index (χ0) is 13.4. The van der Waals surface area contributed by atoms with Gasteiger partial charge < -0.3 is 10.6 Å². The largest absolute Gasteiger partial charge is 0.399 e. The number of anilines is 1. The lowest BCUT2D eigenvalue weighted by atomic mass is 10.0. The van der Waals surface area contributed by atoms with Crippen LogP contribution in [0, 0.1) is 0 Å². The second-order valence-corrected chi connectivity index (χ2v) is 5.70. The lowest BCUT2D eigenvalue weighted by molar-refractivity contribution is 0.0673. The van der Waals surface area contributed by atoms with Crippen LogP contribution in [-0.2, 0) is 6.42 Å². The van der Waals surface area contributed by atoms with E-state index >= 15 is 0 Å². The first-order valence-electron chi connectivity index (χ1n) is 6.25. The Morgan fingerprint density at radius 2 is 2.37 bits per heavy atom. The molecule has 1 aliphatic rings. The molecule has 0 fully saturated rings. The third-order valence-electron chi connectivity index (χ3n) is 3.54. The zero-order valence-corrected chi connectivity index (χ0v) is 11.5. The van der Waals surface area contributed by atoms with Crippen LogP contribution in [-0.4, -0.2) is 22.3 Å². The van der Waals surface area contributed by atoms with E-state index in [1.165, 1.54) is 10.4 Å². The molecule has 4 nitrogen and oxygen atoms in total. The summed E-state index contributed by atoms with van der Waals surface area (Å²) in [5.41, 5.74) is 7.96. The van der Waals surface area contributed by atoms with Crippen molar-refractivity contribution in [3.05, 3.63) is 45.9 Å². The molecule has 1 atom stereocenters. The molecule has 5 heteroatoms. The molecular formula is C14H15N3OS. The van der Waals surface area contributed by atoms with E-state index in [0.717, 1.165) is 13.0 Å². The number of carbonyl (C=O) groups excluding carboxylic acids is 1. The van der Waals surface area contributed by atoms with E-state index in [1.807, 2.05) is 4.90 Å². The highest BCUT2D eigenvalue weighted by Gasteiger charge is 2.29. The maximum absolute atomic E-state index is 12.5. The van der Waals surface area contributed by atoms with E-state index < -0.39 is 0 Å². The summed E-state index contributed by atoms with van der Waals surface area (Å²) in [4.78, 5) is 19.9. The molecule has 1 aliphatic heterocycles. The Bertz CT molecular complexity index is 623. The van der Waals surface area contributed by atoms with Crippen molar-refractivity contribution >= 4 is 22.9 Å². The van der Waals surface area contributed by atoms with Gasteiger partial charge in [0.15, 0.2) is 0 Å². The second-order valence-electron chi connectivity index (χ2n) is 4.70. The van der Waals surface area contributed by atoms with E-state index in [9.17, 15) is 4.79 Å². The van der Waals surface area contributed by atoms with Crippen molar-refractivity contribution < 1.29 is 4.79 Å². The number of amides is 1. The molecule has 98 valence electrons. The van der Waals surface area contributed by atoms with E-state index in [4.69, 9.17) is 5.73 Å². The fraction of sp³-hybridized carbons (Fsp3) is 0.286. The number of nitrogens with two attached hydrogens (primary N) is 1. The molecular weight excluding hydrogens is 258 g/mol. The minimum Gasteiger partial charge on any atom is -0.399 e. The van der Waals surface area contributed by atoms with Crippen LogP contribution >= 0.6 is 11.3 Å². The monoisotopic (exact) mass is 273 g/mol. The molecule has 0 bridgehead atoms. The van der Waals surface area contributed by atoms with Crippen molar-refractivity contribution in [2.45, 2.75) is 19.4 Å². The van der Waals surface area contributed by atoms with Crippen molar-refractivity contribution in [1.82, 2.24) is 9.88 Å². The number of hydrogen-bond acceptors (Lipinski definition) is 4. The number of fused-ring (bicyclic) bond motifs is 1. The summed E-state index contributed by atoms with van der Waals surface area (Å²) in [6.07, 6.45) is 2.50. The highest BCUT2D eigenvalue weighted by molar-refractivity contribution is 7.10. The number of nitrogen functional groups attached to an aromatic ring is 1. The summed E-state index contributed by atoms with van der Waals surface area (Å²) in [5.74, 6) is -0.0448. The molecule has 2 aromatic heterocycles. The molecule has 2 N–H and O–H groups in total. The normalized spacial score (nSPS) is 18.2. The third kappa shape index (κ3) is 2.10. The first kappa shape index (κ1) is 12.2. The van der Waals surface area contributed by atoms with Crippen LogP contribution < -0.4 is 5.73 Å². The Morgan fingerprint density at radius 3 is 3.16 bits per heavy atom. The number of thiophene rings is 1. The average Bonchev–Trinajstić information content (AvgIpc) is 2.88. The van der Waals surface area contributed by atoms with E-state index in [-0.39, 0.29) is 11.9 Å². The first-order valence-corrected chi connectivity index (χ1v) is 7.13. The summed E-state index contributed by atoms with van der Waals surface area (Å²) in [5, 5.41) is 2.09. The molecule has 0 saturated carbocycles. The molecule has 1 unspecified atom stereocenters. The Hall–Kier alpha value is -1.88. The molecule has 0 radical (unpaired) electrons. The first-order chi connectivity index (χ1) is 9.16. The molecule has 0 spiro atoms. The summed E-state index contributed by atoms with van der Waals surface area (Å²) < 4.78 is 0. The standard InChI is InChI=1S/C14H15N3OS/c1-9-11-4-7-19-13(11)3-6-17(9)14(18)12-8-10(15)2-5-16-12/h2,4-5,7-9H,3,6H2,1H3,(H2,15,16). The predicted octanol–water partition coefficient (Wildman–Crippen LogP) is 2.48. The van der Waals surface area contributed by atoms with Gasteiger partial charge in [0.1, 0.15) is 5.69 Å². The fourth-order valence-corrected chi connectivity index (χ4v) is 3.46. The zero-order valence-electron chi connectivity index (χ0n) is 10.7. The maximum atomic E-state index is 12.5. The molecule has 0 aliphatic carbocycles. The fourth-order valence-electron chi connectivity index (χ4n) is 2.50. The number of nitrogens with zero attached hydrogens (tertiary/aromatic N) is 2. The lowest BCUT2D eigenvalue weighted by Gasteiger charge is -2.33.